The summed E-state index contributed by atoms with van der Waals surface area (Å²) in [5.41, 5.74) is 0.340. The molecule has 1 N–H and O–H groups in total. The zero-order valence-electron chi connectivity index (χ0n) is 16.1. The van der Waals surface area contributed by atoms with Crippen molar-refractivity contribution in [3.05, 3.63) is 17.7 Å². The molecule has 1 aliphatic heterocycles. The third kappa shape index (κ3) is 4.59. The zero-order chi connectivity index (χ0) is 19.3. The first-order valence-electron chi connectivity index (χ1n) is 8.75. The smallest absolute Gasteiger partial charge is 0.251 e. The van der Waals surface area contributed by atoms with E-state index in [-0.39, 0.29) is 18.4 Å². The maximum Gasteiger partial charge on any atom is 0.251 e. The minimum absolute atomic E-state index is 0.0328. The molecule has 1 aromatic rings. The van der Waals surface area contributed by atoms with Gasteiger partial charge in [-0.25, -0.2) is 0 Å². The summed E-state index contributed by atoms with van der Waals surface area (Å²) in [5.74, 6) is 1.73. The lowest BCUT2D eigenvalue weighted by molar-refractivity contribution is -0.132. The van der Waals surface area contributed by atoms with Crippen LogP contribution in [0.25, 0.3) is 0 Å². The van der Waals surface area contributed by atoms with Crippen LogP contribution in [-0.2, 0) is 4.79 Å². The number of nitrogens with zero attached hydrogens (tertiary/aromatic N) is 1. The fourth-order valence-electron chi connectivity index (χ4n) is 3.45. The molecule has 0 aromatic heterocycles. The number of rotatable bonds is 6. The molecule has 26 heavy (non-hydrogen) atoms. The van der Waals surface area contributed by atoms with Crippen LogP contribution >= 0.6 is 0 Å². The Balaban J connectivity index is 2.04. The van der Waals surface area contributed by atoms with Crippen molar-refractivity contribution in [2.75, 3.05) is 41.0 Å². The minimum atomic E-state index is -0.365. The number of ether oxygens (including phenoxy) is 3. The van der Waals surface area contributed by atoms with Crippen molar-refractivity contribution >= 4 is 11.8 Å². The molecule has 1 fully saturated rings. The highest BCUT2D eigenvalue weighted by atomic mass is 16.5. The molecule has 7 heteroatoms. The van der Waals surface area contributed by atoms with Crippen LogP contribution in [0.3, 0.4) is 0 Å². The monoisotopic (exact) mass is 364 g/mol. The average Bonchev–Trinajstić information content (AvgIpc) is 2.63. The van der Waals surface area contributed by atoms with E-state index in [1.165, 1.54) is 21.3 Å². The number of likely N-dealkylation sites (tertiary alicyclic amines) is 1. The van der Waals surface area contributed by atoms with Crippen LogP contribution in [0.15, 0.2) is 12.1 Å². The lowest BCUT2D eigenvalue weighted by Crippen LogP contribution is -2.46. The molecule has 144 valence electrons. The standard InChI is InChI=1S/C19H28N2O5/c1-12-6-13(2)11-21(10-12)17(22)9-20-19(23)14-7-15(24-3)18(26-5)16(8-14)25-4/h7-8,12-13H,6,9-11H2,1-5H3,(H,20,23)/t12-,13-/m0/s1. The molecule has 2 rings (SSSR count). The number of piperidine rings is 1. The predicted molar refractivity (Wildman–Crippen MR) is 98.0 cm³/mol. The highest BCUT2D eigenvalue weighted by molar-refractivity contribution is 5.97. The average molecular weight is 364 g/mol. The maximum absolute atomic E-state index is 12.5. The Morgan fingerprint density at radius 1 is 1.04 bits per heavy atom. The van der Waals surface area contributed by atoms with Crippen molar-refractivity contribution in [2.24, 2.45) is 11.8 Å². The topological polar surface area (TPSA) is 77.1 Å². The van der Waals surface area contributed by atoms with Crippen LogP contribution in [0, 0.1) is 11.8 Å². The largest absolute Gasteiger partial charge is 0.493 e. The first-order valence-corrected chi connectivity index (χ1v) is 8.75. The van der Waals surface area contributed by atoms with Gasteiger partial charge in [0.25, 0.3) is 5.91 Å². The van der Waals surface area contributed by atoms with Gasteiger partial charge in [-0.1, -0.05) is 13.8 Å². The van der Waals surface area contributed by atoms with Gasteiger partial charge < -0.3 is 24.4 Å². The second-order valence-electron chi connectivity index (χ2n) is 6.84. The summed E-state index contributed by atoms with van der Waals surface area (Å²) in [4.78, 5) is 26.7. The van der Waals surface area contributed by atoms with Crippen LogP contribution in [0.4, 0.5) is 0 Å². The van der Waals surface area contributed by atoms with E-state index in [1.54, 1.807) is 12.1 Å². The number of hydrogen-bond donors (Lipinski definition) is 1. The van der Waals surface area contributed by atoms with Gasteiger partial charge in [-0.15, -0.1) is 0 Å². The van der Waals surface area contributed by atoms with Crippen LogP contribution in [-0.4, -0.2) is 57.7 Å². The second kappa shape index (κ2) is 8.78. The molecule has 0 bridgehead atoms. The van der Waals surface area contributed by atoms with E-state index in [9.17, 15) is 9.59 Å². The Morgan fingerprint density at radius 2 is 1.58 bits per heavy atom. The lowest BCUT2D eigenvalue weighted by Gasteiger charge is -2.35. The first-order chi connectivity index (χ1) is 12.4. The number of carbonyl (C=O) groups excluding carboxylic acids is 2. The summed E-state index contributed by atoms with van der Waals surface area (Å²) < 4.78 is 15.8. The third-order valence-corrected chi connectivity index (χ3v) is 4.55. The summed E-state index contributed by atoms with van der Waals surface area (Å²) in [7, 11) is 4.47. The van der Waals surface area contributed by atoms with Gasteiger partial charge in [0, 0.05) is 18.7 Å². The van der Waals surface area contributed by atoms with Gasteiger partial charge in [0.2, 0.25) is 11.7 Å². The number of carbonyl (C=O) groups is 2. The lowest BCUT2D eigenvalue weighted by atomic mass is 9.92. The molecule has 1 heterocycles. The van der Waals surface area contributed by atoms with Crippen molar-refractivity contribution in [1.82, 2.24) is 10.2 Å². The van der Waals surface area contributed by atoms with Crippen molar-refractivity contribution in [1.29, 1.82) is 0 Å². The number of amides is 2. The Bertz CT molecular complexity index is 626. The van der Waals surface area contributed by atoms with Gasteiger partial charge in [-0.3, -0.25) is 9.59 Å². The van der Waals surface area contributed by atoms with Crippen molar-refractivity contribution in [3.63, 3.8) is 0 Å². The normalized spacial score (nSPS) is 19.7. The molecule has 0 unspecified atom stereocenters. The molecule has 1 aromatic carbocycles. The summed E-state index contributed by atoms with van der Waals surface area (Å²) >= 11 is 0. The van der Waals surface area contributed by atoms with Crippen molar-refractivity contribution in [2.45, 2.75) is 20.3 Å². The summed E-state index contributed by atoms with van der Waals surface area (Å²) in [6.45, 7) is 5.73. The van der Waals surface area contributed by atoms with E-state index >= 15 is 0 Å². The number of hydrogen-bond acceptors (Lipinski definition) is 5. The SMILES string of the molecule is COc1cc(C(=O)NCC(=O)N2C[C@@H](C)C[C@H](C)C2)cc(OC)c1OC. The minimum Gasteiger partial charge on any atom is -0.493 e. The highest BCUT2D eigenvalue weighted by Gasteiger charge is 2.25. The van der Waals surface area contributed by atoms with Gasteiger partial charge in [0.05, 0.1) is 27.9 Å². The van der Waals surface area contributed by atoms with Crippen molar-refractivity contribution in [3.8, 4) is 17.2 Å². The Morgan fingerprint density at radius 3 is 2.04 bits per heavy atom. The molecule has 2 amide bonds. The molecule has 1 saturated heterocycles. The molecule has 0 spiro atoms. The molecule has 2 atom stereocenters. The fourth-order valence-corrected chi connectivity index (χ4v) is 3.45. The quantitative estimate of drug-likeness (QED) is 0.835. The Labute approximate surface area is 154 Å². The Kier molecular flexibility index (Phi) is 6.71. The van der Waals surface area contributed by atoms with E-state index in [0.29, 0.717) is 34.6 Å². The zero-order valence-corrected chi connectivity index (χ0v) is 16.1. The van der Waals surface area contributed by atoms with Gasteiger partial charge in [-0.05, 0) is 30.4 Å². The number of methoxy groups -OCH3 is 3. The molecule has 7 nitrogen and oxygen atoms in total. The fraction of sp³-hybridized carbons (Fsp3) is 0.579. The van der Waals surface area contributed by atoms with Gasteiger partial charge in [-0.2, -0.15) is 0 Å². The summed E-state index contributed by atoms with van der Waals surface area (Å²) in [5, 5.41) is 2.68. The predicted octanol–water partition coefficient (Wildman–Crippen LogP) is 1.95. The molecular weight excluding hydrogens is 336 g/mol. The summed E-state index contributed by atoms with van der Waals surface area (Å²) in [6.07, 6.45) is 1.13. The van der Waals surface area contributed by atoms with Gasteiger partial charge in [0.1, 0.15) is 0 Å². The molecular formula is C19H28N2O5. The highest BCUT2D eigenvalue weighted by Crippen LogP contribution is 2.38. The maximum atomic E-state index is 12.5. The molecule has 1 aliphatic rings. The van der Waals surface area contributed by atoms with Crippen molar-refractivity contribution < 1.29 is 23.8 Å². The van der Waals surface area contributed by atoms with Crippen LogP contribution < -0.4 is 19.5 Å². The van der Waals surface area contributed by atoms with Crippen LogP contribution in [0.1, 0.15) is 30.6 Å². The third-order valence-electron chi connectivity index (χ3n) is 4.55. The van der Waals surface area contributed by atoms with Crippen LogP contribution in [0.5, 0.6) is 17.2 Å². The molecule has 0 radical (unpaired) electrons. The van der Waals surface area contributed by atoms with Crippen LogP contribution in [0.2, 0.25) is 0 Å². The second-order valence-corrected chi connectivity index (χ2v) is 6.84. The van der Waals surface area contributed by atoms with E-state index < -0.39 is 0 Å². The van der Waals surface area contributed by atoms with E-state index in [2.05, 4.69) is 19.2 Å². The van der Waals surface area contributed by atoms with E-state index in [4.69, 9.17) is 14.2 Å². The van der Waals surface area contributed by atoms with E-state index in [1.807, 2.05) is 4.90 Å². The first kappa shape index (κ1) is 19.9. The molecule has 0 saturated carbocycles. The van der Waals surface area contributed by atoms with Gasteiger partial charge >= 0.3 is 0 Å². The molecule has 0 aliphatic carbocycles. The number of nitrogens with one attached hydrogen (secondary N) is 1. The number of benzene rings is 1. The van der Waals surface area contributed by atoms with Gasteiger partial charge in [0.15, 0.2) is 11.5 Å². The van der Waals surface area contributed by atoms with E-state index in [0.717, 1.165) is 19.5 Å². The Hall–Kier alpha value is -2.44. The summed E-state index contributed by atoms with van der Waals surface area (Å²) in [6, 6.07) is 3.12.